The van der Waals surface area contributed by atoms with Crippen molar-refractivity contribution in [2.45, 2.75) is 39.3 Å². The zero-order valence-electron chi connectivity index (χ0n) is 16.8. The van der Waals surface area contributed by atoms with Crippen molar-refractivity contribution in [1.29, 1.82) is 0 Å². The van der Waals surface area contributed by atoms with E-state index >= 15 is 0 Å². The van der Waals surface area contributed by atoms with E-state index in [4.69, 9.17) is 4.74 Å². The number of esters is 1. The molecule has 1 aliphatic rings. The van der Waals surface area contributed by atoms with Gasteiger partial charge in [-0.2, -0.15) is 0 Å². The molecule has 2 aromatic rings. The summed E-state index contributed by atoms with van der Waals surface area (Å²) in [4.78, 5) is 24.8. The summed E-state index contributed by atoms with van der Waals surface area (Å²) in [6.45, 7) is 5.24. The lowest BCUT2D eigenvalue weighted by Gasteiger charge is -2.22. The molecule has 0 aromatic heterocycles. The van der Waals surface area contributed by atoms with Crippen LogP contribution in [0.1, 0.15) is 35.3 Å². The maximum atomic E-state index is 12.5. The van der Waals surface area contributed by atoms with E-state index in [2.05, 4.69) is 5.32 Å². The van der Waals surface area contributed by atoms with Crippen molar-refractivity contribution in [3.63, 3.8) is 0 Å². The number of hydrogen-bond acceptors (Lipinski definition) is 5. The summed E-state index contributed by atoms with van der Waals surface area (Å²) in [5.41, 5.74) is 3.24. The fraction of sp³-hybridized carbons (Fsp3) is 0.333. The van der Waals surface area contributed by atoms with E-state index in [1.165, 1.54) is 17.3 Å². The van der Waals surface area contributed by atoms with Crippen LogP contribution in [0.4, 0.5) is 11.4 Å². The molecule has 0 radical (unpaired) electrons. The van der Waals surface area contributed by atoms with Gasteiger partial charge in [0.1, 0.15) is 0 Å². The largest absolute Gasteiger partial charge is 0.449 e. The van der Waals surface area contributed by atoms with Gasteiger partial charge >= 0.3 is 5.97 Å². The molecule has 0 fully saturated rings. The second-order valence-electron chi connectivity index (χ2n) is 7.36. The Kier molecular flexibility index (Phi) is 5.66. The number of nitrogens with zero attached hydrogens (tertiary/aromatic N) is 1. The molecule has 1 amide bonds. The number of amides is 1. The van der Waals surface area contributed by atoms with Crippen LogP contribution in [0.15, 0.2) is 42.5 Å². The molecule has 1 heterocycles. The van der Waals surface area contributed by atoms with E-state index in [0.29, 0.717) is 17.8 Å². The third kappa shape index (κ3) is 4.59. The van der Waals surface area contributed by atoms with Crippen molar-refractivity contribution in [1.82, 2.24) is 0 Å². The minimum atomic E-state index is -3.40. The molecule has 154 valence electrons. The van der Waals surface area contributed by atoms with Crippen LogP contribution in [0.3, 0.4) is 0 Å². The molecule has 0 aliphatic carbocycles. The van der Waals surface area contributed by atoms with Gasteiger partial charge in [0, 0.05) is 11.7 Å². The van der Waals surface area contributed by atoms with Crippen molar-refractivity contribution in [3.8, 4) is 0 Å². The molecule has 0 saturated heterocycles. The molecule has 7 nitrogen and oxygen atoms in total. The number of hydrogen-bond donors (Lipinski definition) is 1. The number of aryl methyl sites for hydroxylation is 1. The SMILES string of the molecule is Cc1cccc(NC(=O)[C@H](C)OC(=O)c2ccc3c(c2)C[C@H](C)N3S(C)(=O)=O)c1. The Morgan fingerprint density at radius 2 is 1.93 bits per heavy atom. The maximum Gasteiger partial charge on any atom is 0.338 e. The van der Waals surface area contributed by atoms with E-state index in [0.717, 1.165) is 17.4 Å². The average molecular weight is 416 g/mol. The molecule has 0 spiro atoms. The van der Waals surface area contributed by atoms with Crippen LogP contribution in [0, 0.1) is 6.92 Å². The molecule has 8 heteroatoms. The van der Waals surface area contributed by atoms with E-state index in [1.807, 2.05) is 32.0 Å². The first-order valence-electron chi connectivity index (χ1n) is 9.27. The Morgan fingerprint density at radius 3 is 2.59 bits per heavy atom. The molecule has 2 aromatic carbocycles. The van der Waals surface area contributed by atoms with Crippen LogP contribution in [0.25, 0.3) is 0 Å². The molecule has 0 bridgehead atoms. The van der Waals surface area contributed by atoms with Gasteiger partial charge in [0.2, 0.25) is 10.0 Å². The normalized spacial score (nSPS) is 16.8. The molecular formula is C21H24N2O5S. The number of sulfonamides is 1. The standard InChI is InChI=1S/C21H24N2O5S/c1-13-6-5-7-18(10-13)22-20(24)15(3)28-21(25)16-8-9-19-17(12-16)11-14(2)23(19)29(4,26)27/h5-10,12,14-15H,11H2,1-4H3,(H,22,24)/t14-,15-/m0/s1. The number of benzene rings is 2. The van der Waals surface area contributed by atoms with Crippen LogP contribution >= 0.6 is 0 Å². The number of rotatable bonds is 5. The van der Waals surface area contributed by atoms with Crippen molar-refractivity contribution in [2.75, 3.05) is 15.9 Å². The Balaban J connectivity index is 1.70. The highest BCUT2D eigenvalue weighted by Crippen LogP contribution is 2.34. The lowest BCUT2D eigenvalue weighted by Crippen LogP contribution is -2.34. The topological polar surface area (TPSA) is 92.8 Å². The van der Waals surface area contributed by atoms with Gasteiger partial charge in [-0.05, 0) is 68.7 Å². The Morgan fingerprint density at radius 1 is 1.21 bits per heavy atom. The summed E-state index contributed by atoms with van der Waals surface area (Å²) >= 11 is 0. The molecule has 29 heavy (non-hydrogen) atoms. The molecule has 0 saturated carbocycles. The predicted octanol–water partition coefficient (Wildman–Crippen LogP) is 2.89. The summed E-state index contributed by atoms with van der Waals surface area (Å²) in [7, 11) is -3.40. The first-order valence-corrected chi connectivity index (χ1v) is 11.1. The Hall–Kier alpha value is -2.87. The zero-order valence-corrected chi connectivity index (χ0v) is 17.6. The first kappa shape index (κ1) is 20.9. The van der Waals surface area contributed by atoms with Crippen molar-refractivity contribution >= 4 is 33.3 Å². The summed E-state index contributed by atoms with van der Waals surface area (Å²) in [6.07, 6.45) is 0.685. The van der Waals surface area contributed by atoms with Crippen LogP contribution < -0.4 is 9.62 Å². The number of anilines is 2. The molecular weight excluding hydrogens is 392 g/mol. The molecule has 1 aliphatic heterocycles. The molecule has 2 atom stereocenters. The van der Waals surface area contributed by atoms with Crippen molar-refractivity contribution in [3.05, 3.63) is 59.2 Å². The Bertz CT molecular complexity index is 1060. The highest BCUT2D eigenvalue weighted by Gasteiger charge is 2.33. The molecule has 1 N–H and O–H groups in total. The van der Waals surface area contributed by atoms with E-state index in [9.17, 15) is 18.0 Å². The quantitative estimate of drug-likeness (QED) is 0.757. The van der Waals surface area contributed by atoms with Gasteiger partial charge in [-0.3, -0.25) is 9.10 Å². The number of carbonyl (C=O) groups excluding carboxylic acids is 2. The van der Waals surface area contributed by atoms with Crippen LogP contribution in [0.5, 0.6) is 0 Å². The minimum Gasteiger partial charge on any atom is -0.449 e. The highest BCUT2D eigenvalue weighted by molar-refractivity contribution is 7.92. The van der Waals surface area contributed by atoms with Gasteiger partial charge < -0.3 is 10.1 Å². The summed E-state index contributed by atoms with van der Waals surface area (Å²) < 4.78 is 30.7. The summed E-state index contributed by atoms with van der Waals surface area (Å²) in [6, 6.07) is 11.9. The van der Waals surface area contributed by atoms with E-state index < -0.39 is 28.0 Å². The number of carbonyl (C=O) groups is 2. The number of nitrogens with one attached hydrogen (secondary N) is 1. The van der Waals surface area contributed by atoms with Gasteiger partial charge in [0.05, 0.1) is 17.5 Å². The van der Waals surface area contributed by atoms with Crippen LogP contribution in [-0.4, -0.2) is 38.7 Å². The maximum absolute atomic E-state index is 12.5. The summed E-state index contributed by atoms with van der Waals surface area (Å²) in [5, 5.41) is 2.72. The van der Waals surface area contributed by atoms with Crippen LogP contribution in [0.2, 0.25) is 0 Å². The third-order valence-electron chi connectivity index (χ3n) is 4.76. The van der Waals surface area contributed by atoms with Crippen molar-refractivity contribution in [2.24, 2.45) is 0 Å². The smallest absolute Gasteiger partial charge is 0.338 e. The monoisotopic (exact) mass is 416 g/mol. The third-order valence-corrected chi connectivity index (χ3v) is 6.04. The van der Waals surface area contributed by atoms with Gasteiger partial charge in [-0.25, -0.2) is 13.2 Å². The lowest BCUT2D eigenvalue weighted by atomic mass is 10.1. The summed E-state index contributed by atoms with van der Waals surface area (Å²) in [5.74, 6) is -1.06. The van der Waals surface area contributed by atoms with Gasteiger partial charge in [0.25, 0.3) is 5.91 Å². The van der Waals surface area contributed by atoms with Gasteiger partial charge in [-0.1, -0.05) is 12.1 Å². The van der Waals surface area contributed by atoms with E-state index in [-0.39, 0.29) is 11.6 Å². The molecule has 3 rings (SSSR count). The Labute approximate surface area is 170 Å². The predicted molar refractivity (Wildman–Crippen MR) is 112 cm³/mol. The van der Waals surface area contributed by atoms with E-state index in [1.54, 1.807) is 18.2 Å². The van der Waals surface area contributed by atoms with Crippen LogP contribution in [-0.2, 0) is 26.0 Å². The van der Waals surface area contributed by atoms with Gasteiger partial charge in [0.15, 0.2) is 6.10 Å². The minimum absolute atomic E-state index is 0.217. The highest BCUT2D eigenvalue weighted by atomic mass is 32.2. The molecule has 0 unspecified atom stereocenters. The average Bonchev–Trinajstić information content (AvgIpc) is 2.96. The number of fused-ring (bicyclic) bond motifs is 1. The number of ether oxygens (including phenoxy) is 1. The fourth-order valence-electron chi connectivity index (χ4n) is 3.48. The lowest BCUT2D eigenvalue weighted by molar-refractivity contribution is -0.123. The first-order chi connectivity index (χ1) is 13.6. The van der Waals surface area contributed by atoms with Crippen molar-refractivity contribution < 1.29 is 22.7 Å². The zero-order chi connectivity index (χ0) is 21.3. The van der Waals surface area contributed by atoms with Gasteiger partial charge in [-0.15, -0.1) is 0 Å². The fourth-order valence-corrected chi connectivity index (χ4v) is 4.75. The second kappa shape index (κ2) is 7.87. The second-order valence-corrected chi connectivity index (χ2v) is 9.22.